The number of nitrogens with one attached hydrogen (secondary N) is 1. The van der Waals surface area contributed by atoms with Gasteiger partial charge in [0.25, 0.3) is 0 Å². The molecule has 2 aromatic heterocycles. The number of aromatic amines is 1. The molecule has 0 unspecified atom stereocenters. The van der Waals surface area contributed by atoms with E-state index in [-0.39, 0.29) is 21.6 Å². The second-order valence-corrected chi connectivity index (χ2v) is 6.16. The number of nitriles is 1. The van der Waals surface area contributed by atoms with E-state index in [4.69, 9.17) is 16.9 Å². The van der Waals surface area contributed by atoms with E-state index in [0.717, 1.165) is 10.7 Å². The topological polar surface area (TPSA) is 74.5 Å². The van der Waals surface area contributed by atoms with Crippen LogP contribution in [0, 0.1) is 23.0 Å². The number of hydrogen-bond acceptors (Lipinski definition) is 3. The minimum Gasteiger partial charge on any atom is -0.354 e. The zero-order valence-electron chi connectivity index (χ0n) is 13.5. The third kappa shape index (κ3) is 2.76. The smallest absolute Gasteiger partial charge is 0.193 e. The molecule has 4 aromatic rings. The van der Waals surface area contributed by atoms with Gasteiger partial charge in [0.05, 0.1) is 28.2 Å². The Balaban J connectivity index is 2.01. The van der Waals surface area contributed by atoms with Crippen LogP contribution in [-0.2, 0) is 0 Å². The summed E-state index contributed by atoms with van der Waals surface area (Å²) >= 11 is 6.16. The summed E-state index contributed by atoms with van der Waals surface area (Å²) in [5.74, 6) is -1.90. The molecule has 4 rings (SSSR count). The maximum Gasteiger partial charge on any atom is 0.193 e. The number of nitrogens with zero attached hydrogens (tertiary/aromatic N) is 3. The van der Waals surface area contributed by atoms with Crippen molar-refractivity contribution in [3.8, 4) is 23.0 Å². The Morgan fingerprint density at radius 1 is 1.22 bits per heavy atom. The van der Waals surface area contributed by atoms with Crippen molar-refractivity contribution in [1.82, 2.24) is 14.8 Å². The predicted molar refractivity (Wildman–Crippen MR) is 96.8 cm³/mol. The number of hydrogen-bond donors (Lipinski definition) is 1. The monoisotopic (exact) mass is 382 g/mol. The first kappa shape index (κ1) is 16.9. The number of aromatic nitrogens is 3. The van der Waals surface area contributed by atoms with Crippen molar-refractivity contribution >= 4 is 22.5 Å². The molecule has 27 heavy (non-hydrogen) atoms. The van der Waals surface area contributed by atoms with Crippen molar-refractivity contribution in [3.05, 3.63) is 81.2 Å². The summed E-state index contributed by atoms with van der Waals surface area (Å²) in [5.41, 5.74) is -0.145. The van der Waals surface area contributed by atoms with Crippen molar-refractivity contribution in [1.29, 1.82) is 5.26 Å². The predicted octanol–water partition coefficient (Wildman–Crippen LogP) is 4.18. The molecule has 132 valence electrons. The number of pyridine rings is 1. The Morgan fingerprint density at radius 3 is 2.74 bits per heavy atom. The fourth-order valence-electron chi connectivity index (χ4n) is 2.89. The molecule has 0 atom stereocenters. The Kier molecular flexibility index (Phi) is 3.98. The lowest BCUT2D eigenvalue weighted by Gasteiger charge is -2.11. The molecule has 1 N–H and O–H groups in total. The second kappa shape index (κ2) is 6.34. The summed E-state index contributed by atoms with van der Waals surface area (Å²) < 4.78 is 30.4. The summed E-state index contributed by atoms with van der Waals surface area (Å²) in [6.45, 7) is 0. The van der Waals surface area contributed by atoms with Crippen molar-refractivity contribution in [2.24, 2.45) is 0 Å². The third-order valence-electron chi connectivity index (χ3n) is 4.10. The highest BCUT2D eigenvalue weighted by atomic mass is 35.5. The van der Waals surface area contributed by atoms with Gasteiger partial charge in [-0.2, -0.15) is 10.4 Å². The summed E-state index contributed by atoms with van der Waals surface area (Å²) in [6.07, 6.45) is 2.75. The molecule has 0 aliphatic carbocycles. The zero-order chi connectivity index (χ0) is 19.1. The third-order valence-corrected chi connectivity index (χ3v) is 4.43. The average Bonchev–Trinajstić information content (AvgIpc) is 3.15. The van der Waals surface area contributed by atoms with Gasteiger partial charge in [-0.1, -0.05) is 11.6 Å². The second-order valence-electron chi connectivity index (χ2n) is 5.75. The van der Waals surface area contributed by atoms with Gasteiger partial charge in [0, 0.05) is 35.1 Å². The van der Waals surface area contributed by atoms with E-state index >= 15 is 0 Å². The van der Waals surface area contributed by atoms with E-state index in [0.29, 0.717) is 11.1 Å². The Hall–Kier alpha value is -3.50. The summed E-state index contributed by atoms with van der Waals surface area (Å²) in [7, 11) is 0. The molecule has 2 aromatic carbocycles. The van der Waals surface area contributed by atoms with Crippen LogP contribution in [0.2, 0.25) is 5.02 Å². The van der Waals surface area contributed by atoms with Gasteiger partial charge in [0.2, 0.25) is 0 Å². The first-order valence-electron chi connectivity index (χ1n) is 7.74. The average molecular weight is 383 g/mol. The lowest BCUT2D eigenvalue weighted by atomic mass is 10.1. The van der Waals surface area contributed by atoms with Crippen molar-refractivity contribution in [2.75, 3.05) is 0 Å². The standard InChI is InChI=1S/C19H9ClF2N4O/c20-12-3-2-10(9-23)6-11(12)14-8-16(27)17-15(25-14)7-13(21)19(18(17)22)26-5-1-4-24-26/h1-8H,(H,25,27). The van der Waals surface area contributed by atoms with Crippen molar-refractivity contribution in [2.45, 2.75) is 0 Å². The zero-order valence-corrected chi connectivity index (χ0v) is 14.3. The van der Waals surface area contributed by atoms with Gasteiger partial charge in [0.15, 0.2) is 17.1 Å². The first-order chi connectivity index (χ1) is 13.0. The first-order valence-corrected chi connectivity index (χ1v) is 8.12. The van der Waals surface area contributed by atoms with Gasteiger partial charge in [-0.15, -0.1) is 0 Å². The number of H-pyrrole nitrogens is 1. The van der Waals surface area contributed by atoms with Gasteiger partial charge < -0.3 is 4.98 Å². The molecule has 0 saturated carbocycles. The van der Waals surface area contributed by atoms with Crippen LogP contribution in [0.1, 0.15) is 5.56 Å². The van der Waals surface area contributed by atoms with E-state index in [1.54, 1.807) is 0 Å². The molecule has 0 spiro atoms. The van der Waals surface area contributed by atoms with Gasteiger partial charge in [-0.25, -0.2) is 13.5 Å². The Bertz CT molecular complexity index is 1290. The molecular weight excluding hydrogens is 374 g/mol. The molecule has 0 aliphatic heterocycles. The van der Waals surface area contributed by atoms with Crippen LogP contribution < -0.4 is 5.43 Å². The highest BCUT2D eigenvalue weighted by Gasteiger charge is 2.19. The number of benzene rings is 2. The molecule has 8 heteroatoms. The van der Waals surface area contributed by atoms with Crippen LogP contribution in [0.15, 0.2) is 53.6 Å². The Labute approximate surface area is 156 Å². The normalized spacial score (nSPS) is 10.9. The van der Waals surface area contributed by atoms with Gasteiger partial charge >= 0.3 is 0 Å². The van der Waals surface area contributed by atoms with Crippen molar-refractivity contribution in [3.63, 3.8) is 0 Å². The molecule has 0 fully saturated rings. The molecule has 5 nitrogen and oxygen atoms in total. The lowest BCUT2D eigenvalue weighted by Crippen LogP contribution is -2.10. The van der Waals surface area contributed by atoms with Crippen LogP contribution in [0.5, 0.6) is 0 Å². The number of rotatable bonds is 2. The highest BCUT2D eigenvalue weighted by molar-refractivity contribution is 6.33. The minimum atomic E-state index is -1.02. The quantitative estimate of drug-likeness (QED) is 0.565. The van der Waals surface area contributed by atoms with E-state index < -0.39 is 22.8 Å². The van der Waals surface area contributed by atoms with E-state index in [1.807, 2.05) is 6.07 Å². The van der Waals surface area contributed by atoms with Crippen LogP contribution in [0.3, 0.4) is 0 Å². The van der Waals surface area contributed by atoms with E-state index in [1.165, 1.54) is 42.7 Å². The molecular formula is C19H9ClF2N4O. The van der Waals surface area contributed by atoms with Gasteiger partial charge in [0.1, 0.15) is 5.69 Å². The maximum absolute atomic E-state index is 14.9. The van der Waals surface area contributed by atoms with E-state index in [2.05, 4.69) is 10.1 Å². The molecule has 0 bridgehead atoms. The summed E-state index contributed by atoms with van der Waals surface area (Å²) in [5, 5.41) is 12.9. The minimum absolute atomic E-state index is 0.0261. The van der Waals surface area contributed by atoms with Crippen LogP contribution in [-0.4, -0.2) is 14.8 Å². The SMILES string of the molecule is N#Cc1ccc(Cl)c(-c2cc(=O)c3c(F)c(-n4cccn4)c(F)cc3[nH]2)c1. The number of fused-ring (bicyclic) bond motifs is 1. The fraction of sp³-hybridized carbons (Fsp3) is 0. The molecule has 2 heterocycles. The largest absolute Gasteiger partial charge is 0.354 e. The van der Waals surface area contributed by atoms with Gasteiger partial charge in [-0.05, 0) is 24.3 Å². The molecule has 0 amide bonds. The summed E-state index contributed by atoms with van der Waals surface area (Å²) in [4.78, 5) is 15.4. The van der Waals surface area contributed by atoms with Crippen molar-refractivity contribution < 1.29 is 8.78 Å². The summed E-state index contributed by atoms with van der Waals surface area (Å²) in [6, 6.07) is 10.2. The lowest BCUT2D eigenvalue weighted by molar-refractivity contribution is 0.567. The highest BCUT2D eigenvalue weighted by Crippen LogP contribution is 2.30. The van der Waals surface area contributed by atoms with Crippen LogP contribution in [0.4, 0.5) is 8.78 Å². The molecule has 0 saturated heterocycles. The maximum atomic E-state index is 14.9. The Morgan fingerprint density at radius 2 is 2.04 bits per heavy atom. The fourth-order valence-corrected chi connectivity index (χ4v) is 3.11. The van der Waals surface area contributed by atoms with E-state index in [9.17, 15) is 13.6 Å². The van der Waals surface area contributed by atoms with Crippen LogP contribution in [0.25, 0.3) is 27.8 Å². The number of halogens is 3. The molecule has 0 aliphatic rings. The van der Waals surface area contributed by atoms with Crippen LogP contribution >= 0.6 is 11.6 Å². The molecule has 0 radical (unpaired) electrons. The van der Waals surface area contributed by atoms with Gasteiger partial charge in [-0.3, -0.25) is 4.79 Å².